The van der Waals surface area contributed by atoms with Crippen LogP contribution in [0.25, 0.3) is 11.3 Å². The molecule has 0 unspecified atom stereocenters. The molecule has 3 atom stereocenters. The van der Waals surface area contributed by atoms with Gasteiger partial charge in [0.15, 0.2) is 0 Å². The minimum Gasteiger partial charge on any atom is -0.383 e. The number of nitrogens with two attached hydrogens (primary N) is 1. The molecule has 2 aromatic heterocycles. The predicted molar refractivity (Wildman–Crippen MR) is 114 cm³/mol. The normalized spacial score (nSPS) is 33.1. The van der Waals surface area contributed by atoms with Crippen molar-refractivity contribution in [3.63, 3.8) is 0 Å². The molecule has 0 spiro atoms. The number of piperidine rings is 1. The van der Waals surface area contributed by atoms with E-state index in [0.717, 1.165) is 57.4 Å². The molecule has 6 fully saturated rings. The van der Waals surface area contributed by atoms with E-state index in [2.05, 4.69) is 14.8 Å². The topological polar surface area (TPSA) is 80.4 Å². The molecule has 6 heterocycles. The molecule has 0 radical (unpaired) electrons. The number of ether oxygens (including phenoxy) is 1. The quantitative estimate of drug-likeness (QED) is 0.755. The smallest absolute Gasteiger partial charge is 0.383 e. The molecule has 2 N–H and O–H groups in total. The fraction of sp³-hybridized carbons (Fsp3) is 0.609. The lowest BCUT2D eigenvalue weighted by molar-refractivity contribution is -0.137. The lowest BCUT2D eigenvalue weighted by Crippen LogP contribution is -2.48. The minimum absolute atomic E-state index is 0.326. The van der Waals surface area contributed by atoms with Gasteiger partial charge < -0.3 is 15.4 Å². The largest absolute Gasteiger partial charge is 0.419 e. The number of nitrogens with zero attached hydrogens (tertiary/aromatic N) is 5. The first-order valence-electron chi connectivity index (χ1n) is 11.7. The van der Waals surface area contributed by atoms with Crippen molar-refractivity contribution in [2.45, 2.75) is 37.0 Å². The van der Waals surface area contributed by atoms with Crippen LogP contribution in [-0.4, -0.2) is 64.8 Å². The zero-order chi connectivity index (χ0) is 22.5. The molecule has 2 bridgehead atoms. The Kier molecular flexibility index (Phi) is 4.11. The van der Waals surface area contributed by atoms with Gasteiger partial charge in [-0.15, -0.1) is 0 Å². The number of halogens is 3. The van der Waals surface area contributed by atoms with Crippen molar-refractivity contribution in [3.8, 4) is 11.3 Å². The molecule has 33 heavy (non-hydrogen) atoms. The van der Waals surface area contributed by atoms with Gasteiger partial charge in [0.2, 0.25) is 5.95 Å². The second kappa shape index (κ2) is 6.79. The summed E-state index contributed by atoms with van der Waals surface area (Å²) in [4.78, 5) is 18.3. The Morgan fingerprint density at radius 2 is 1.76 bits per heavy atom. The summed E-state index contributed by atoms with van der Waals surface area (Å²) < 4.78 is 45.7. The van der Waals surface area contributed by atoms with E-state index in [4.69, 9.17) is 20.4 Å². The molecule has 2 aliphatic carbocycles. The van der Waals surface area contributed by atoms with Gasteiger partial charge >= 0.3 is 6.18 Å². The monoisotopic (exact) mass is 458 g/mol. The zero-order valence-corrected chi connectivity index (χ0v) is 18.0. The van der Waals surface area contributed by atoms with Crippen LogP contribution in [0.4, 0.5) is 24.9 Å². The summed E-state index contributed by atoms with van der Waals surface area (Å²) >= 11 is 0. The van der Waals surface area contributed by atoms with Crippen LogP contribution >= 0.6 is 0 Å². The maximum atomic E-state index is 13.5. The standard InChI is InChI=1S/C23H25F3N6O/c24-23(25,26)17-3-12(5-28-21(17)27)18-4-19(30-22(29-18)32-6-11-1-13(32)2-11)20-15-7-31(8-16(15)20)14-9-33-10-14/h3-5,11,13-16,20H,1-2,6-10H2,(H2,27,28)/t11?,13?,15-,16+,20+. The van der Waals surface area contributed by atoms with E-state index in [1.807, 2.05) is 6.07 Å². The Morgan fingerprint density at radius 3 is 2.36 bits per heavy atom. The van der Waals surface area contributed by atoms with Crippen molar-refractivity contribution in [2.75, 3.05) is 43.5 Å². The molecule has 10 heteroatoms. The van der Waals surface area contributed by atoms with Gasteiger partial charge in [-0.25, -0.2) is 15.0 Å². The first-order chi connectivity index (χ1) is 15.8. The Morgan fingerprint density at radius 1 is 1.00 bits per heavy atom. The van der Waals surface area contributed by atoms with Crippen molar-refractivity contribution in [1.29, 1.82) is 0 Å². The summed E-state index contributed by atoms with van der Waals surface area (Å²) in [6, 6.07) is 3.92. The minimum atomic E-state index is -4.57. The number of hydrogen-bond donors (Lipinski definition) is 1. The fourth-order valence-electron chi connectivity index (χ4n) is 6.25. The van der Waals surface area contributed by atoms with Crippen LogP contribution in [0.1, 0.15) is 30.0 Å². The molecule has 174 valence electrons. The van der Waals surface area contributed by atoms with E-state index >= 15 is 0 Å². The summed E-state index contributed by atoms with van der Waals surface area (Å²) in [7, 11) is 0. The van der Waals surface area contributed by atoms with Gasteiger partial charge in [0.05, 0.1) is 36.2 Å². The molecule has 8 rings (SSSR count). The molecule has 4 saturated heterocycles. The summed E-state index contributed by atoms with van der Waals surface area (Å²) in [5, 5.41) is 0. The zero-order valence-electron chi connectivity index (χ0n) is 18.0. The highest BCUT2D eigenvalue weighted by Crippen LogP contribution is 2.58. The Balaban J connectivity index is 1.24. The summed E-state index contributed by atoms with van der Waals surface area (Å²) in [6.45, 7) is 4.63. The van der Waals surface area contributed by atoms with E-state index in [9.17, 15) is 13.2 Å². The lowest BCUT2D eigenvalue weighted by Gasteiger charge is -2.35. The van der Waals surface area contributed by atoms with Gasteiger partial charge in [-0.05, 0) is 42.7 Å². The van der Waals surface area contributed by atoms with E-state index in [1.54, 1.807) is 0 Å². The van der Waals surface area contributed by atoms with Gasteiger partial charge in [0.25, 0.3) is 0 Å². The summed E-state index contributed by atoms with van der Waals surface area (Å²) in [5.74, 6) is 2.24. The maximum absolute atomic E-state index is 13.5. The average molecular weight is 458 g/mol. The molecule has 7 nitrogen and oxygen atoms in total. The summed E-state index contributed by atoms with van der Waals surface area (Å²) in [6.07, 6.45) is -0.879. The van der Waals surface area contributed by atoms with E-state index in [-0.39, 0.29) is 0 Å². The number of rotatable bonds is 4. The highest BCUT2D eigenvalue weighted by Gasteiger charge is 2.58. The lowest BCUT2D eigenvalue weighted by atomic mass is 9.86. The molecule has 2 saturated carbocycles. The number of aromatic nitrogens is 3. The molecular weight excluding hydrogens is 433 g/mol. The van der Waals surface area contributed by atoms with Crippen molar-refractivity contribution >= 4 is 11.8 Å². The third-order valence-corrected chi connectivity index (χ3v) is 8.32. The molecule has 4 aliphatic heterocycles. The van der Waals surface area contributed by atoms with Crippen molar-refractivity contribution in [2.24, 2.45) is 17.8 Å². The van der Waals surface area contributed by atoms with Crippen LogP contribution in [0.2, 0.25) is 0 Å². The molecule has 0 aromatic carbocycles. The molecule has 6 aliphatic rings. The van der Waals surface area contributed by atoms with Gasteiger partial charge in [-0.3, -0.25) is 4.90 Å². The van der Waals surface area contributed by atoms with Crippen LogP contribution in [-0.2, 0) is 10.9 Å². The number of hydrogen-bond acceptors (Lipinski definition) is 7. The van der Waals surface area contributed by atoms with E-state index in [1.165, 1.54) is 6.20 Å². The first-order valence-corrected chi connectivity index (χ1v) is 11.7. The third kappa shape index (κ3) is 3.13. The van der Waals surface area contributed by atoms with Gasteiger partial charge in [-0.2, -0.15) is 13.2 Å². The third-order valence-electron chi connectivity index (χ3n) is 8.32. The number of anilines is 2. The van der Waals surface area contributed by atoms with Crippen LogP contribution in [0, 0.1) is 17.8 Å². The Bertz CT molecular complexity index is 1100. The van der Waals surface area contributed by atoms with Gasteiger partial charge in [-0.1, -0.05) is 0 Å². The second-order valence-corrected chi connectivity index (χ2v) is 10.3. The highest BCUT2D eigenvalue weighted by atomic mass is 19.4. The van der Waals surface area contributed by atoms with Crippen LogP contribution < -0.4 is 10.6 Å². The molecule has 0 amide bonds. The van der Waals surface area contributed by atoms with E-state index < -0.39 is 17.6 Å². The Hall–Kier alpha value is -2.46. The summed E-state index contributed by atoms with van der Waals surface area (Å²) in [5.41, 5.74) is 6.37. The van der Waals surface area contributed by atoms with Gasteiger partial charge in [0, 0.05) is 43.4 Å². The van der Waals surface area contributed by atoms with Crippen LogP contribution in [0.3, 0.4) is 0 Å². The van der Waals surface area contributed by atoms with Crippen molar-refractivity contribution in [1.82, 2.24) is 19.9 Å². The van der Waals surface area contributed by atoms with Gasteiger partial charge in [0.1, 0.15) is 5.82 Å². The van der Waals surface area contributed by atoms with E-state index in [0.29, 0.717) is 53.0 Å². The van der Waals surface area contributed by atoms with Crippen LogP contribution in [0.15, 0.2) is 18.3 Å². The highest BCUT2D eigenvalue weighted by molar-refractivity contribution is 5.64. The number of likely N-dealkylation sites (tertiary alicyclic amines) is 1. The average Bonchev–Trinajstić information content (AvgIpc) is 3.11. The molecular formula is C23H25F3N6O. The Labute approximate surface area is 189 Å². The number of fused-ring (bicyclic) bond motifs is 2. The SMILES string of the molecule is Nc1ncc(-c2cc([C@H]3[C@@H]4CN(C5COC5)C[C@@H]43)nc(N3CC4CC3C4)n2)cc1C(F)(F)F. The number of pyridine rings is 1. The van der Waals surface area contributed by atoms with Crippen molar-refractivity contribution in [3.05, 3.63) is 29.6 Å². The number of alkyl halides is 3. The predicted octanol–water partition coefficient (Wildman–Crippen LogP) is 2.78. The fourth-order valence-corrected chi connectivity index (χ4v) is 6.25. The van der Waals surface area contributed by atoms with Crippen molar-refractivity contribution < 1.29 is 17.9 Å². The number of nitrogen functional groups attached to an aromatic ring is 1. The first kappa shape index (κ1) is 20.0. The van der Waals surface area contributed by atoms with Crippen LogP contribution in [0.5, 0.6) is 0 Å². The second-order valence-electron chi connectivity index (χ2n) is 10.3. The molecule has 2 aromatic rings. The maximum Gasteiger partial charge on any atom is 0.419 e.